The maximum absolute atomic E-state index is 11.6. The van der Waals surface area contributed by atoms with Crippen LogP contribution in [0.5, 0.6) is 0 Å². The molecule has 0 heterocycles. The Kier molecular flexibility index (Phi) is 4.34. The molecule has 0 bridgehead atoms. The molecular formula is C19H14BrClO. The molecule has 0 saturated carbocycles. The Labute approximate surface area is 143 Å². The van der Waals surface area contributed by atoms with E-state index >= 15 is 0 Å². The second-order valence-electron chi connectivity index (χ2n) is 5.07. The second kappa shape index (κ2) is 6.25. The molecule has 0 atom stereocenters. The standard InChI is InChI=1S/C19H14BrClO/c20-18-12-11-16(21)13-17(18)19(22,14-7-3-1-4-8-14)15-9-5-2-6-10-15/h1-13,22H. The van der Waals surface area contributed by atoms with Crippen molar-refractivity contribution in [3.8, 4) is 0 Å². The predicted molar refractivity (Wildman–Crippen MR) is 94.1 cm³/mol. The fraction of sp³-hybridized carbons (Fsp3) is 0.0526. The smallest absolute Gasteiger partial charge is 0.141 e. The van der Waals surface area contributed by atoms with Crippen LogP contribution in [0.25, 0.3) is 0 Å². The first-order valence-corrected chi connectivity index (χ1v) is 8.08. The van der Waals surface area contributed by atoms with Gasteiger partial charge >= 0.3 is 0 Å². The number of halogens is 2. The summed E-state index contributed by atoms with van der Waals surface area (Å²) in [7, 11) is 0. The van der Waals surface area contributed by atoms with Gasteiger partial charge in [0.05, 0.1) is 0 Å². The van der Waals surface area contributed by atoms with Crippen molar-refractivity contribution in [3.05, 3.63) is 105 Å². The van der Waals surface area contributed by atoms with E-state index in [9.17, 15) is 5.11 Å². The summed E-state index contributed by atoms with van der Waals surface area (Å²) in [5.74, 6) is 0. The molecule has 0 aliphatic carbocycles. The number of hydrogen-bond donors (Lipinski definition) is 1. The van der Waals surface area contributed by atoms with Crippen molar-refractivity contribution >= 4 is 27.5 Å². The van der Waals surface area contributed by atoms with Crippen molar-refractivity contribution in [1.82, 2.24) is 0 Å². The molecule has 0 spiro atoms. The molecule has 0 radical (unpaired) electrons. The third-order valence-electron chi connectivity index (χ3n) is 3.70. The van der Waals surface area contributed by atoms with E-state index in [1.54, 1.807) is 12.1 Å². The quantitative estimate of drug-likeness (QED) is 0.611. The number of benzene rings is 3. The highest BCUT2D eigenvalue weighted by atomic mass is 79.9. The molecule has 3 aromatic carbocycles. The molecule has 0 saturated heterocycles. The van der Waals surface area contributed by atoms with Crippen LogP contribution in [-0.2, 0) is 5.60 Å². The van der Waals surface area contributed by atoms with E-state index in [1.807, 2.05) is 66.7 Å². The summed E-state index contributed by atoms with van der Waals surface area (Å²) >= 11 is 9.71. The lowest BCUT2D eigenvalue weighted by molar-refractivity contribution is 0.125. The number of aliphatic hydroxyl groups is 1. The van der Waals surface area contributed by atoms with Crippen molar-refractivity contribution in [3.63, 3.8) is 0 Å². The molecule has 0 aromatic heterocycles. The summed E-state index contributed by atoms with van der Waals surface area (Å²) in [6, 6.07) is 24.7. The van der Waals surface area contributed by atoms with Gasteiger partial charge in [0, 0.05) is 15.1 Å². The van der Waals surface area contributed by atoms with Crippen LogP contribution >= 0.6 is 27.5 Å². The van der Waals surface area contributed by atoms with Crippen LogP contribution in [0.4, 0.5) is 0 Å². The van der Waals surface area contributed by atoms with Crippen molar-refractivity contribution < 1.29 is 5.11 Å². The van der Waals surface area contributed by atoms with Crippen molar-refractivity contribution in [2.75, 3.05) is 0 Å². The Morgan fingerprint density at radius 3 is 1.77 bits per heavy atom. The lowest BCUT2D eigenvalue weighted by Crippen LogP contribution is -2.29. The molecule has 0 unspecified atom stereocenters. The van der Waals surface area contributed by atoms with E-state index in [0.717, 1.165) is 21.2 Å². The SMILES string of the molecule is OC(c1ccccc1)(c1ccccc1)c1cc(Cl)ccc1Br. The normalized spacial score (nSPS) is 11.4. The Morgan fingerprint density at radius 1 is 0.773 bits per heavy atom. The van der Waals surface area contributed by atoms with Gasteiger partial charge in [-0.2, -0.15) is 0 Å². The summed E-state index contributed by atoms with van der Waals surface area (Å²) in [6.07, 6.45) is 0. The Balaban J connectivity index is 2.31. The summed E-state index contributed by atoms with van der Waals surface area (Å²) in [6.45, 7) is 0. The molecule has 3 heteroatoms. The zero-order chi connectivity index (χ0) is 15.6. The highest BCUT2D eigenvalue weighted by molar-refractivity contribution is 9.10. The van der Waals surface area contributed by atoms with Gasteiger partial charge in [0.2, 0.25) is 0 Å². The van der Waals surface area contributed by atoms with Gasteiger partial charge in [0.1, 0.15) is 5.60 Å². The Hall–Kier alpha value is -1.61. The van der Waals surface area contributed by atoms with Crippen LogP contribution < -0.4 is 0 Å². The molecule has 0 fully saturated rings. The minimum atomic E-state index is -1.27. The lowest BCUT2D eigenvalue weighted by atomic mass is 9.80. The molecule has 0 amide bonds. The van der Waals surface area contributed by atoms with Gasteiger partial charge in [-0.15, -0.1) is 0 Å². The molecule has 0 aliphatic heterocycles. The second-order valence-corrected chi connectivity index (χ2v) is 6.36. The van der Waals surface area contributed by atoms with Gasteiger partial charge in [0.15, 0.2) is 0 Å². The molecular weight excluding hydrogens is 360 g/mol. The van der Waals surface area contributed by atoms with Gasteiger partial charge in [-0.1, -0.05) is 88.2 Å². The van der Waals surface area contributed by atoms with Gasteiger partial charge < -0.3 is 5.11 Å². The van der Waals surface area contributed by atoms with Crippen molar-refractivity contribution in [1.29, 1.82) is 0 Å². The summed E-state index contributed by atoms with van der Waals surface area (Å²) in [4.78, 5) is 0. The molecule has 1 nitrogen and oxygen atoms in total. The van der Waals surface area contributed by atoms with Crippen molar-refractivity contribution in [2.24, 2.45) is 0 Å². The van der Waals surface area contributed by atoms with E-state index in [1.165, 1.54) is 0 Å². The van der Waals surface area contributed by atoms with Crippen LogP contribution in [0.1, 0.15) is 16.7 Å². The average Bonchev–Trinajstić information content (AvgIpc) is 2.58. The topological polar surface area (TPSA) is 20.2 Å². The zero-order valence-corrected chi connectivity index (χ0v) is 14.1. The maximum atomic E-state index is 11.6. The van der Waals surface area contributed by atoms with Crippen LogP contribution in [0.15, 0.2) is 83.3 Å². The monoisotopic (exact) mass is 372 g/mol. The lowest BCUT2D eigenvalue weighted by Gasteiger charge is -2.31. The van der Waals surface area contributed by atoms with Gasteiger partial charge in [-0.05, 0) is 29.3 Å². The highest BCUT2D eigenvalue weighted by Crippen LogP contribution is 2.40. The molecule has 22 heavy (non-hydrogen) atoms. The first-order valence-electron chi connectivity index (χ1n) is 6.91. The third-order valence-corrected chi connectivity index (χ3v) is 4.63. The fourth-order valence-electron chi connectivity index (χ4n) is 2.61. The maximum Gasteiger partial charge on any atom is 0.141 e. The highest BCUT2D eigenvalue weighted by Gasteiger charge is 2.35. The molecule has 110 valence electrons. The van der Waals surface area contributed by atoms with E-state index in [0.29, 0.717) is 5.02 Å². The van der Waals surface area contributed by atoms with Crippen molar-refractivity contribution in [2.45, 2.75) is 5.60 Å². The van der Waals surface area contributed by atoms with E-state index in [-0.39, 0.29) is 0 Å². The van der Waals surface area contributed by atoms with Gasteiger partial charge in [-0.3, -0.25) is 0 Å². The van der Waals surface area contributed by atoms with E-state index < -0.39 is 5.60 Å². The molecule has 0 aliphatic rings. The first-order chi connectivity index (χ1) is 10.6. The Bertz CT molecular complexity index is 732. The fourth-order valence-corrected chi connectivity index (χ4v) is 3.32. The summed E-state index contributed by atoms with van der Waals surface area (Å²) in [5.41, 5.74) is 1.04. The predicted octanol–water partition coefficient (Wildman–Crippen LogP) is 5.39. The first kappa shape index (κ1) is 15.3. The summed E-state index contributed by atoms with van der Waals surface area (Å²) in [5, 5.41) is 12.2. The third kappa shape index (κ3) is 2.70. The Morgan fingerprint density at radius 2 is 1.27 bits per heavy atom. The molecule has 3 rings (SSSR count). The average molecular weight is 374 g/mol. The van der Waals surface area contributed by atoms with E-state index in [2.05, 4.69) is 15.9 Å². The minimum absolute atomic E-state index is 0.587. The molecule has 3 aromatic rings. The van der Waals surface area contributed by atoms with Gasteiger partial charge in [0.25, 0.3) is 0 Å². The van der Waals surface area contributed by atoms with Crippen LogP contribution in [-0.4, -0.2) is 5.11 Å². The van der Waals surface area contributed by atoms with E-state index in [4.69, 9.17) is 11.6 Å². The number of hydrogen-bond acceptors (Lipinski definition) is 1. The number of rotatable bonds is 3. The largest absolute Gasteiger partial charge is 0.376 e. The molecule has 1 N–H and O–H groups in total. The van der Waals surface area contributed by atoms with Gasteiger partial charge in [-0.25, -0.2) is 0 Å². The zero-order valence-electron chi connectivity index (χ0n) is 11.7. The summed E-state index contributed by atoms with van der Waals surface area (Å²) < 4.78 is 0.812. The minimum Gasteiger partial charge on any atom is -0.376 e. The van der Waals surface area contributed by atoms with Crippen LogP contribution in [0.2, 0.25) is 5.02 Å². The van der Waals surface area contributed by atoms with Crippen LogP contribution in [0, 0.1) is 0 Å². The van der Waals surface area contributed by atoms with Crippen LogP contribution in [0.3, 0.4) is 0 Å².